The second kappa shape index (κ2) is 15.1. The first-order valence-corrected chi connectivity index (χ1v) is 17.1. The number of aromatic nitrogens is 1. The maximum atomic E-state index is 13.5. The van der Waals surface area contributed by atoms with E-state index in [1.54, 1.807) is 6.20 Å². The van der Waals surface area contributed by atoms with Gasteiger partial charge in [0, 0.05) is 77.2 Å². The number of aliphatic hydroxyl groups excluding tert-OH is 1. The van der Waals surface area contributed by atoms with E-state index in [2.05, 4.69) is 25.4 Å². The molecule has 0 spiro atoms. The van der Waals surface area contributed by atoms with Gasteiger partial charge in [0.2, 0.25) is 11.8 Å². The summed E-state index contributed by atoms with van der Waals surface area (Å²) >= 11 is 6.69. The number of amidine groups is 1. The summed E-state index contributed by atoms with van der Waals surface area (Å²) < 4.78 is 11.1. The molecule has 2 unspecified atom stereocenters. The number of hydrogen-bond acceptors (Lipinski definition) is 10. The van der Waals surface area contributed by atoms with Crippen LogP contribution in [0.4, 0.5) is 0 Å². The van der Waals surface area contributed by atoms with Crippen molar-refractivity contribution in [3.05, 3.63) is 46.6 Å². The van der Waals surface area contributed by atoms with Gasteiger partial charge in [-0.1, -0.05) is 31.0 Å². The molecule has 1 saturated heterocycles. The molecule has 0 bridgehead atoms. The van der Waals surface area contributed by atoms with E-state index in [1.807, 2.05) is 24.0 Å². The largest absolute Gasteiger partial charge is 0.484 e. The summed E-state index contributed by atoms with van der Waals surface area (Å²) in [6, 6.07) is 4.35. The molecule has 4 heterocycles. The van der Waals surface area contributed by atoms with Gasteiger partial charge in [-0.2, -0.15) is 0 Å². The number of hydrogen-bond donors (Lipinski definition) is 3. The Labute approximate surface area is 275 Å². The molecule has 3 atom stereocenters. The highest BCUT2D eigenvalue weighted by molar-refractivity contribution is 6.33. The highest BCUT2D eigenvalue weighted by Gasteiger charge is 2.34. The molecule has 1 saturated carbocycles. The average Bonchev–Trinajstić information content (AvgIpc) is 3.58. The first-order valence-electron chi connectivity index (χ1n) is 16.7. The number of amides is 2. The van der Waals surface area contributed by atoms with Crippen LogP contribution in [0.1, 0.15) is 62.3 Å². The molecule has 13 heteroatoms. The van der Waals surface area contributed by atoms with Crippen molar-refractivity contribution in [2.75, 3.05) is 45.8 Å². The van der Waals surface area contributed by atoms with Gasteiger partial charge in [-0.15, -0.1) is 0 Å². The van der Waals surface area contributed by atoms with Crippen LogP contribution in [0.3, 0.4) is 0 Å². The normalized spacial score (nSPS) is 22.9. The van der Waals surface area contributed by atoms with Gasteiger partial charge < -0.3 is 29.4 Å². The van der Waals surface area contributed by atoms with E-state index < -0.39 is 6.10 Å². The van der Waals surface area contributed by atoms with Gasteiger partial charge in [0.1, 0.15) is 24.4 Å². The van der Waals surface area contributed by atoms with Crippen molar-refractivity contribution in [1.82, 2.24) is 30.3 Å². The molecule has 3 aliphatic heterocycles. The summed E-state index contributed by atoms with van der Waals surface area (Å²) in [5.41, 5.74) is 2.17. The van der Waals surface area contributed by atoms with Crippen LogP contribution in [-0.4, -0.2) is 107 Å². The number of ether oxygens (including phenoxy) is 1. The lowest BCUT2D eigenvalue weighted by Gasteiger charge is -2.40. The number of rotatable bonds is 11. The minimum absolute atomic E-state index is 0.0414. The number of carbonyl (C=O) groups excluding carboxylic acids is 2. The predicted octanol–water partition coefficient (Wildman–Crippen LogP) is 2.57. The molecule has 6 rings (SSSR count). The number of fused-ring (bicyclic) bond motifs is 1. The lowest BCUT2D eigenvalue weighted by atomic mass is 9.90. The van der Waals surface area contributed by atoms with Crippen LogP contribution in [0.15, 0.2) is 34.1 Å². The lowest BCUT2D eigenvalue weighted by molar-refractivity contribution is -0.132. The summed E-state index contributed by atoms with van der Waals surface area (Å²) in [5.74, 6) is 2.11. The van der Waals surface area contributed by atoms with Crippen LogP contribution in [0, 0.1) is 5.92 Å². The summed E-state index contributed by atoms with van der Waals surface area (Å²) in [6.45, 7) is 7.03. The van der Waals surface area contributed by atoms with E-state index >= 15 is 0 Å². The minimum atomic E-state index is -0.699. The number of piperazine rings is 1. The number of nitrogens with zero attached hydrogens (tertiary/aromatic N) is 5. The van der Waals surface area contributed by atoms with Crippen molar-refractivity contribution in [3.8, 4) is 5.75 Å². The predicted molar refractivity (Wildman–Crippen MR) is 173 cm³/mol. The standard InChI is InChI=1S/C33H46ClN7O5/c1-2-31(43)41-12-10-40(11-13-41)30-15-23(14-29(38-30)37-24-4-3-5-24)33(44)36-16-25(42)19-39-9-8-27-22(18-39)6-7-28(32(27)34)45-20-26-17-35-21-46-26/h6-7,17,21,23-25,29,37,42H,2-5,8-16,18-20H2,1H3,(H,36,44)/t23?,25-,29?/m0/s1. The second-order valence-corrected chi connectivity index (χ2v) is 13.2. The Kier molecular flexibility index (Phi) is 10.8. The number of halogens is 1. The first-order chi connectivity index (χ1) is 22.4. The van der Waals surface area contributed by atoms with Gasteiger partial charge in [-0.05, 0) is 42.9 Å². The van der Waals surface area contributed by atoms with E-state index in [0.29, 0.717) is 68.0 Å². The van der Waals surface area contributed by atoms with Crippen LogP contribution in [0.5, 0.6) is 5.75 Å². The average molecular weight is 656 g/mol. The van der Waals surface area contributed by atoms with Crippen LogP contribution in [-0.2, 0) is 29.2 Å². The molecular formula is C33H46ClN7O5. The van der Waals surface area contributed by atoms with Crippen molar-refractivity contribution in [2.24, 2.45) is 10.9 Å². The third-order valence-corrected chi connectivity index (χ3v) is 10.1. The van der Waals surface area contributed by atoms with E-state index in [9.17, 15) is 14.7 Å². The Bertz CT molecular complexity index is 1380. The fraction of sp³-hybridized carbons (Fsp3) is 0.636. The third kappa shape index (κ3) is 8.02. The summed E-state index contributed by atoms with van der Waals surface area (Å²) in [4.78, 5) is 40.9. The molecule has 2 aromatic rings. The molecule has 12 nitrogen and oxygen atoms in total. The topological polar surface area (TPSA) is 136 Å². The fourth-order valence-electron chi connectivity index (χ4n) is 6.76. The quantitative estimate of drug-likeness (QED) is 0.334. The van der Waals surface area contributed by atoms with E-state index in [1.165, 1.54) is 12.8 Å². The molecule has 0 radical (unpaired) electrons. The molecular weight excluding hydrogens is 610 g/mol. The van der Waals surface area contributed by atoms with Crippen LogP contribution in [0.2, 0.25) is 5.02 Å². The lowest BCUT2D eigenvalue weighted by Crippen LogP contribution is -2.54. The Morgan fingerprint density at radius 3 is 2.74 bits per heavy atom. The Balaban J connectivity index is 0.990. The molecule has 250 valence electrons. The van der Waals surface area contributed by atoms with E-state index in [4.69, 9.17) is 25.7 Å². The number of nitrogens with one attached hydrogen (secondary N) is 2. The maximum Gasteiger partial charge on any atom is 0.223 e. The van der Waals surface area contributed by atoms with E-state index in [-0.39, 0.29) is 37.0 Å². The summed E-state index contributed by atoms with van der Waals surface area (Å²) in [5, 5.41) is 18.2. The molecule has 1 aliphatic carbocycles. The number of aliphatic imine (C=N–C) groups is 1. The zero-order valence-corrected chi connectivity index (χ0v) is 27.4. The second-order valence-electron chi connectivity index (χ2n) is 12.9. The summed E-state index contributed by atoms with van der Waals surface area (Å²) in [7, 11) is 0. The molecule has 46 heavy (non-hydrogen) atoms. The van der Waals surface area contributed by atoms with Crippen molar-refractivity contribution in [3.63, 3.8) is 0 Å². The van der Waals surface area contributed by atoms with Crippen LogP contribution >= 0.6 is 11.6 Å². The highest BCUT2D eigenvalue weighted by Crippen LogP contribution is 2.34. The zero-order valence-electron chi connectivity index (χ0n) is 26.6. The molecule has 1 aromatic heterocycles. The minimum Gasteiger partial charge on any atom is -0.484 e. The number of oxazole rings is 1. The monoisotopic (exact) mass is 655 g/mol. The van der Waals surface area contributed by atoms with Gasteiger partial charge >= 0.3 is 0 Å². The van der Waals surface area contributed by atoms with Gasteiger partial charge in [0.05, 0.1) is 17.3 Å². The van der Waals surface area contributed by atoms with Crippen molar-refractivity contribution in [2.45, 2.75) is 83.3 Å². The molecule has 3 N–H and O–H groups in total. The van der Waals surface area contributed by atoms with Gasteiger partial charge in [-0.3, -0.25) is 24.8 Å². The Hall–Kier alpha value is -3.19. The molecule has 4 aliphatic rings. The van der Waals surface area contributed by atoms with Crippen molar-refractivity contribution in [1.29, 1.82) is 0 Å². The first kappa shape index (κ1) is 32.7. The molecule has 2 fully saturated rings. The Morgan fingerprint density at radius 2 is 2.02 bits per heavy atom. The van der Waals surface area contributed by atoms with Gasteiger partial charge in [-0.25, -0.2) is 4.98 Å². The van der Waals surface area contributed by atoms with Gasteiger partial charge in [0.25, 0.3) is 0 Å². The molecule has 1 aromatic carbocycles. The zero-order chi connectivity index (χ0) is 32.0. The van der Waals surface area contributed by atoms with E-state index in [0.717, 1.165) is 55.9 Å². The SMILES string of the molecule is CCC(=O)N1CCN(C2=NC(NC3CCC3)CC(C(=O)NC[C@H](O)CN3CCc4c(ccc(OCc5cnco5)c4Cl)C3)C2)CC1. The summed E-state index contributed by atoms with van der Waals surface area (Å²) in [6.07, 6.45) is 8.18. The number of carbonyl (C=O) groups is 2. The van der Waals surface area contributed by atoms with Gasteiger partial charge in [0.15, 0.2) is 12.2 Å². The van der Waals surface area contributed by atoms with Crippen LogP contribution in [0.25, 0.3) is 0 Å². The molecule has 2 amide bonds. The smallest absolute Gasteiger partial charge is 0.223 e. The fourth-order valence-corrected chi connectivity index (χ4v) is 7.10. The number of benzene rings is 1. The Morgan fingerprint density at radius 1 is 1.20 bits per heavy atom. The highest BCUT2D eigenvalue weighted by atomic mass is 35.5. The number of β-amino-alcohol motifs (C(OH)–C–C–N with tert-alkyl or cyclic N) is 1. The number of aliphatic hydroxyl groups is 1. The maximum absolute atomic E-state index is 13.5. The van der Waals surface area contributed by atoms with Crippen molar-refractivity contribution >= 4 is 29.3 Å². The third-order valence-electron chi connectivity index (χ3n) is 9.66. The van der Waals surface area contributed by atoms with Crippen molar-refractivity contribution < 1.29 is 23.8 Å². The van der Waals surface area contributed by atoms with Crippen LogP contribution < -0.4 is 15.4 Å².